The molecule has 0 aromatic heterocycles. The summed E-state index contributed by atoms with van der Waals surface area (Å²) in [4.78, 5) is 23.2. The maximum absolute atomic E-state index is 12.5. The predicted molar refractivity (Wildman–Crippen MR) is 105 cm³/mol. The van der Waals surface area contributed by atoms with E-state index in [1.165, 1.54) is 5.01 Å². The van der Waals surface area contributed by atoms with Crippen LogP contribution in [0, 0.1) is 0 Å². The standard InChI is InChI=1S/C20H22N4O5/c1-14(18(25)13-24-19(21-22-23-24)11-12-20(26)27)28-16-7-9-17(10-8-16)29-15-5-3-2-4-6-15/h2-10,14,22-23H,11-13H2,1H3,(H,26,27). The van der Waals surface area contributed by atoms with Crippen molar-refractivity contribution >= 4 is 17.6 Å². The average molecular weight is 398 g/mol. The normalized spacial score (nSPS) is 14.0. The van der Waals surface area contributed by atoms with E-state index in [0.29, 0.717) is 17.3 Å². The minimum atomic E-state index is -0.928. The van der Waals surface area contributed by atoms with Crippen molar-refractivity contribution in [1.82, 2.24) is 16.1 Å². The van der Waals surface area contributed by atoms with Gasteiger partial charge in [0, 0.05) is 6.42 Å². The SMILES string of the molecule is CC(Oc1ccc(Oc2ccccc2)cc1)C(=O)CN1NNN=C1CCC(=O)O. The fourth-order valence-corrected chi connectivity index (χ4v) is 2.58. The summed E-state index contributed by atoms with van der Waals surface area (Å²) in [6.07, 6.45) is -0.559. The van der Waals surface area contributed by atoms with Crippen molar-refractivity contribution in [3.63, 3.8) is 0 Å². The molecule has 0 saturated carbocycles. The van der Waals surface area contributed by atoms with Crippen LogP contribution in [0.1, 0.15) is 19.8 Å². The Morgan fingerprint density at radius 2 is 1.72 bits per heavy atom. The van der Waals surface area contributed by atoms with E-state index in [0.717, 1.165) is 5.75 Å². The largest absolute Gasteiger partial charge is 0.483 e. The zero-order valence-corrected chi connectivity index (χ0v) is 15.9. The molecule has 1 unspecified atom stereocenters. The van der Waals surface area contributed by atoms with Crippen LogP contribution in [0.5, 0.6) is 17.2 Å². The molecule has 0 saturated heterocycles. The van der Waals surface area contributed by atoms with Gasteiger partial charge in [0.15, 0.2) is 11.9 Å². The van der Waals surface area contributed by atoms with E-state index in [-0.39, 0.29) is 25.2 Å². The van der Waals surface area contributed by atoms with Crippen molar-refractivity contribution in [2.75, 3.05) is 6.54 Å². The summed E-state index contributed by atoms with van der Waals surface area (Å²) in [5.74, 6) is 1.27. The molecule has 0 bridgehead atoms. The molecule has 1 heterocycles. The number of hydrogen-bond donors (Lipinski definition) is 3. The summed E-state index contributed by atoms with van der Waals surface area (Å²) in [6, 6.07) is 16.4. The molecule has 1 aliphatic rings. The second-order valence-corrected chi connectivity index (χ2v) is 6.34. The number of Topliss-reactive ketones (excluding diaryl/α,β-unsaturated/α-hetero) is 1. The van der Waals surface area contributed by atoms with Crippen molar-refractivity contribution in [3.05, 3.63) is 54.6 Å². The van der Waals surface area contributed by atoms with Crippen LogP contribution >= 0.6 is 0 Å². The van der Waals surface area contributed by atoms with Gasteiger partial charge in [-0.15, -0.1) is 10.6 Å². The van der Waals surface area contributed by atoms with Gasteiger partial charge >= 0.3 is 5.97 Å². The van der Waals surface area contributed by atoms with Gasteiger partial charge in [-0.25, -0.2) is 5.53 Å². The lowest BCUT2D eigenvalue weighted by atomic mass is 10.2. The molecule has 1 aliphatic heterocycles. The van der Waals surface area contributed by atoms with Gasteiger partial charge < -0.3 is 14.6 Å². The highest BCUT2D eigenvalue weighted by Crippen LogP contribution is 2.24. The van der Waals surface area contributed by atoms with Crippen molar-refractivity contribution in [2.24, 2.45) is 5.10 Å². The highest BCUT2D eigenvalue weighted by molar-refractivity contribution is 5.91. The lowest BCUT2D eigenvalue weighted by Crippen LogP contribution is -2.46. The molecule has 2 aromatic rings. The van der Waals surface area contributed by atoms with E-state index >= 15 is 0 Å². The zero-order valence-electron chi connectivity index (χ0n) is 15.9. The summed E-state index contributed by atoms with van der Waals surface area (Å²) >= 11 is 0. The van der Waals surface area contributed by atoms with Crippen molar-refractivity contribution in [2.45, 2.75) is 25.9 Å². The van der Waals surface area contributed by atoms with Gasteiger partial charge in [-0.2, -0.15) is 0 Å². The minimum absolute atomic E-state index is 0.0121. The van der Waals surface area contributed by atoms with Gasteiger partial charge in [0.1, 0.15) is 29.6 Å². The van der Waals surface area contributed by atoms with Crippen LogP contribution in [-0.4, -0.2) is 40.4 Å². The summed E-state index contributed by atoms with van der Waals surface area (Å²) in [5, 5.41) is 14.2. The highest BCUT2D eigenvalue weighted by Gasteiger charge is 2.24. The van der Waals surface area contributed by atoms with Crippen LogP contribution < -0.4 is 20.5 Å². The number of hydrazone groups is 1. The predicted octanol–water partition coefficient (Wildman–Crippen LogP) is 2.32. The Balaban J connectivity index is 1.50. The first kappa shape index (κ1) is 20.2. The number of benzene rings is 2. The Labute approximate surface area is 167 Å². The van der Waals surface area contributed by atoms with Crippen LogP contribution in [0.3, 0.4) is 0 Å². The summed E-state index contributed by atoms with van der Waals surface area (Å²) in [5.41, 5.74) is 5.23. The Bertz CT molecular complexity index is 870. The number of aliphatic carboxylic acids is 1. The Morgan fingerprint density at radius 3 is 2.41 bits per heavy atom. The molecule has 3 N–H and O–H groups in total. The van der Waals surface area contributed by atoms with Gasteiger partial charge in [-0.1, -0.05) is 18.2 Å². The lowest BCUT2D eigenvalue weighted by Gasteiger charge is -2.20. The van der Waals surface area contributed by atoms with E-state index in [2.05, 4.69) is 16.2 Å². The van der Waals surface area contributed by atoms with Gasteiger partial charge in [0.25, 0.3) is 0 Å². The number of nitrogens with one attached hydrogen (secondary N) is 2. The number of carbonyl (C=O) groups is 2. The van der Waals surface area contributed by atoms with Crippen molar-refractivity contribution in [1.29, 1.82) is 0 Å². The maximum Gasteiger partial charge on any atom is 0.303 e. The fourth-order valence-electron chi connectivity index (χ4n) is 2.58. The van der Waals surface area contributed by atoms with Gasteiger partial charge in [0.2, 0.25) is 0 Å². The van der Waals surface area contributed by atoms with Crippen LogP contribution in [0.25, 0.3) is 0 Å². The average Bonchev–Trinajstić information content (AvgIpc) is 3.15. The molecule has 3 rings (SSSR count). The number of ether oxygens (including phenoxy) is 2. The monoisotopic (exact) mass is 398 g/mol. The molecule has 0 fully saturated rings. The Kier molecular flexibility index (Phi) is 6.64. The molecular formula is C20H22N4O5. The third-order valence-corrected chi connectivity index (χ3v) is 4.13. The third kappa shape index (κ3) is 5.94. The molecule has 0 amide bonds. The molecule has 2 aromatic carbocycles. The van der Waals surface area contributed by atoms with Crippen LogP contribution in [0.15, 0.2) is 59.7 Å². The van der Waals surface area contributed by atoms with E-state index in [9.17, 15) is 9.59 Å². The van der Waals surface area contributed by atoms with Gasteiger partial charge in [-0.3, -0.25) is 14.6 Å². The number of carboxylic acid groups (broad SMARTS) is 1. The molecular weight excluding hydrogens is 376 g/mol. The molecule has 9 heteroatoms. The van der Waals surface area contributed by atoms with Crippen LogP contribution in [0.2, 0.25) is 0 Å². The molecule has 0 radical (unpaired) electrons. The van der Waals surface area contributed by atoms with E-state index in [4.69, 9.17) is 14.6 Å². The first-order valence-electron chi connectivity index (χ1n) is 9.10. The number of carbonyl (C=O) groups excluding carboxylic acids is 1. The number of carboxylic acids is 1. The first-order chi connectivity index (χ1) is 14.0. The van der Waals surface area contributed by atoms with E-state index in [1.807, 2.05) is 30.3 Å². The number of ketones is 1. The molecule has 9 nitrogen and oxygen atoms in total. The molecule has 29 heavy (non-hydrogen) atoms. The number of para-hydroxylation sites is 1. The number of hydrazine groups is 2. The zero-order chi connectivity index (χ0) is 20.6. The van der Waals surface area contributed by atoms with Crippen LogP contribution in [0.4, 0.5) is 0 Å². The maximum atomic E-state index is 12.5. The minimum Gasteiger partial charge on any atom is -0.483 e. The number of hydrogen-bond acceptors (Lipinski definition) is 8. The smallest absolute Gasteiger partial charge is 0.303 e. The van der Waals surface area contributed by atoms with Crippen molar-refractivity contribution < 1.29 is 24.2 Å². The Hall–Kier alpha value is -3.59. The first-order valence-corrected chi connectivity index (χ1v) is 9.10. The summed E-state index contributed by atoms with van der Waals surface area (Å²) < 4.78 is 11.4. The van der Waals surface area contributed by atoms with Crippen molar-refractivity contribution in [3.8, 4) is 17.2 Å². The van der Waals surface area contributed by atoms with Gasteiger partial charge in [-0.05, 0) is 43.3 Å². The third-order valence-electron chi connectivity index (χ3n) is 4.13. The topological polar surface area (TPSA) is 112 Å². The second-order valence-electron chi connectivity index (χ2n) is 6.34. The summed E-state index contributed by atoms with van der Waals surface area (Å²) in [7, 11) is 0. The number of amidine groups is 1. The van der Waals surface area contributed by atoms with Gasteiger partial charge in [0.05, 0.1) is 6.42 Å². The fraction of sp³-hybridized carbons (Fsp3) is 0.250. The van der Waals surface area contributed by atoms with Crippen LogP contribution in [-0.2, 0) is 9.59 Å². The molecule has 152 valence electrons. The van der Waals surface area contributed by atoms with E-state index < -0.39 is 12.1 Å². The number of rotatable bonds is 10. The molecule has 0 spiro atoms. The summed E-state index contributed by atoms with van der Waals surface area (Å²) in [6.45, 7) is 1.65. The highest BCUT2D eigenvalue weighted by atomic mass is 16.5. The molecule has 1 atom stereocenters. The lowest BCUT2D eigenvalue weighted by molar-refractivity contribution is -0.136. The molecule has 0 aliphatic carbocycles. The Morgan fingerprint density at radius 1 is 1.07 bits per heavy atom. The second kappa shape index (κ2) is 9.56. The van der Waals surface area contributed by atoms with E-state index in [1.54, 1.807) is 31.2 Å². The number of nitrogens with zero attached hydrogens (tertiary/aromatic N) is 2. The quantitative estimate of drug-likeness (QED) is 0.559.